The van der Waals surface area contributed by atoms with Crippen molar-refractivity contribution in [3.63, 3.8) is 0 Å². The number of hydrogen-bond acceptors (Lipinski definition) is 1. The Balaban J connectivity index is 2.53. The molecule has 0 aliphatic rings. The van der Waals surface area contributed by atoms with Gasteiger partial charge in [-0.05, 0) is 12.5 Å². The summed E-state index contributed by atoms with van der Waals surface area (Å²) < 4.78 is 0. The number of benzene rings is 1. The minimum Gasteiger partial charge on any atom is -0.352 e. The van der Waals surface area contributed by atoms with Crippen LogP contribution in [0.1, 0.15) is 11.1 Å². The lowest BCUT2D eigenvalue weighted by atomic mass is 10.1. The standard InChI is InChI=1S/C12H19N3/c1-10-5-7-11(8-6-10)9-14-12(13-2)15(3)4/h5-8H,9H2,1-4H3,(H,13,14). The van der Waals surface area contributed by atoms with Crippen molar-refractivity contribution in [1.29, 1.82) is 0 Å². The van der Waals surface area contributed by atoms with E-state index >= 15 is 0 Å². The van der Waals surface area contributed by atoms with Crippen molar-refractivity contribution in [3.05, 3.63) is 35.4 Å². The molecule has 82 valence electrons. The Hall–Kier alpha value is -1.51. The highest BCUT2D eigenvalue weighted by Gasteiger charge is 1.99. The van der Waals surface area contributed by atoms with Crippen LogP contribution in [-0.4, -0.2) is 32.0 Å². The van der Waals surface area contributed by atoms with Gasteiger partial charge in [-0.3, -0.25) is 4.99 Å². The molecule has 0 saturated carbocycles. The number of aryl methyl sites for hydroxylation is 1. The van der Waals surface area contributed by atoms with Crippen LogP contribution in [0, 0.1) is 6.92 Å². The Labute approximate surface area is 91.8 Å². The molecule has 0 aromatic heterocycles. The maximum absolute atomic E-state index is 4.15. The maximum Gasteiger partial charge on any atom is 0.193 e. The molecule has 0 bridgehead atoms. The molecule has 1 aromatic carbocycles. The first-order valence-corrected chi connectivity index (χ1v) is 5.07. The number of guanidine groups is 1. The number of rotatable bonds is 2. The zero-order chi connectivity index (χ0) is 11.3. The Kier molecular flexibility index (Phi) is 4.16. The van der Waals surface area contributed by atoms with Gasteiger partial charge in [0.15, 0.2) is 5.96 Å². The molecule has 1 aromatic rings. The van der Waals surface area contributed by atoms with Crippen LogP contribution in [0.3, 0.4) is 0 Å². The van der Waals surface area contributed by atoms with Crippen LogP contribution in [0.15, 0.2) is 29.3 Å². The number of nitrogens with one attached hydrogen (secondary N) is 1. The third kappa shape index (κ3) is 3.62. The largest absolute Gasteiger partial charge is 0.352 e. The smallest absolute Gasteiger partial charge is 0.193 e. The first-order valence-electron chi connectivity index (χ1n) is 5.07. The van der Waals surface area contributed by atoms with Crippen LogP contribution in [0.2, 0.25) is 0 Å². The fraction of sp³-hybridized carbons (Fsp3) is 0.417. The lowest BCUT2D eigenvalue weighted by molar-refractivity contribution is 0.583. The van der Waals surface area contributed by atoms with Gasteiger partial charge in [0.25, 0.3) is 0 Å². The van der Waals surface area contributed by atoms with Crippen molar-refractivity contribution >= 4 is 5.96 Å². The van der Waals surface area contributed by atoms with Crippen LogP contribution in [0.4, 0.5) is 0 Å². The Bertz CT molecular complexity index is 325. The van der Waals surface area contributed by atoms with Crippen molar-refractivity contribution in [1.82, 2.24) is 10.2 Å². The van der Waals surface area contributed by atoms with Crippen LogP contribution >= 0.6 is 0 Å². The molecule has 0 fully saturated rings. The lowest BCUT2D eigenvalue weighted by Gasteiger charge is -2.16. The normalized spacial score (nSPS) is 11.3. The zero-order valence-electron chi connectivity index (χ0n) is 9.91. The number of hydrogen-bond donors (Lipinski definition) is 1. The summed E-state index contributed by atoms with van der Waals surface area (Å²) in [5.74, 6) is 0.899. The molecule has 0 saturated heterocycles. The summed E-state index contributed by atoms with van der Waals surface area (Å²) in [5.41, 5.74) is 2.55. The van der Waals surface area contributed by atoms with E-state index < -0.39 is 0 Å². The lowest BCUT2D eigenvalue weighted by Crippen LogP contribution is -2.35. The molecule has 0 amide bonds. The van der Waals surface area contributed by atoms with Gasteiger partial charge in [-0.25, -0.2) is 0 Å². The van der Waals surface area contributed by atoms with Crippen LogP contribution < -0.4 is 5.32 Å². The van der Waals surface area contributed by atoms with E-state index in [4.69, 9.17) is 0 Å². The highest BCUT2D eigenvalue weighted by Crippen LogP contribution is 2.02. The van der Waals surface area contributed by atoms with E-state index in [9.17, 15) is 0 Å². The fourth-order valence-corrected chi connectivity index (χ4v) is 1.32. The average molecular weight is 205 g/mol. The van der Waals surface area contributed by atoms with E-state index in [1.54, 1.807) is 7.05 Å². The second-order valence-electron chi connectivity index (χ2n) is 3.78. The monoisotopic (exact) mass is 205 g/mol. The van der Waals surface area contributed by atoms with E-state index in [0.717, 1.165) is 12.5 Å². The molecule has 3 heteroatoms. The van der Waals surface area contributed by atoms with Crippen LogP contribution in [-0.2, 0) is 6.54 Å². The second-order valence-corrected chi connectivity index (χ2v) is 3.78. The number of nitrogens with zero attached hydrogens (tertiary/aromatic N) is 2. The van der Waals surface area contributed by atoms with Gasteiger partial charge in [-0.2, -0.15) is 0 Å². The minimum atomic E-state index is 0.811. The third-order valence-corrected chi connectivity index (χ3v) is 2.21. The van der Waals surface area contributed by atoms with Gasteiger partial charge < -0.3 is 10.2 Å². The second kappa shape index (κ2) is 5.39. The van der Waals surface area contributed by atoms with E-state index in [-0.39, 0.29) is 0 Å². The first kappa shape index (κ1) is 11.6. The molecule has 0 spiro atoms. The summed E-state index contributed by atoms with van der Waals surface area (Å²) in [6.45, 7) is 2.90. The fourth-order valence-electron chi connectivity index (χ4n) is 1.32. The van der Waals surface area contributed by atoms with Gasteiger partial charge in [0, 0.05) is 27.7 Å². The van der Waals surface area contributed by atoms with Gasteiger partial charge >= 0.3 is 0 Å². The topological polar surface area (TPSA) is 27.6 Å². The highest BCUT2D eigenvalue weighted by molar-refractivity contribution is 5.79. The van der Waals surface area contributed by atoms with E-state index in [1.165, 1.54) is 11.1 Å². The molecule has 0 radical (unpaired) electrons. The van der Waals surface area contributed by atoms with E-state index in [1.807, 2.05) is 19.0 Å². The summed E-state index contributed by atoms with van der Waals surface area (Å²) in [5, 5.41) is 3.28. The van der Waals surface area contributed by atoms with Gasteiger partial charge in [0.1, 0.15) is 0 Å². The molecule has 0 aliphatic heterocycles. The van der Waals surface area contributed by atoms with Crippen molar-refractivity contribution in [2.24, 2.45) is 4.99 Å². The molecule has 0 unspecified atom stereocenters. The van der Waals surface area contributed by atoms with Gasteiger partial charge in [-0.15, -0.1) is 0 Å². The molecule has 15 heavy (non-hydrogen) atoms. The van der Waals surface area contributed by atoms with Crippen LogP contribution in [0.25, 0.3) is 0 Å². The number of aliphatic imine (C=N–C) groups is 1. The summed E-state index contributed by atoms with van der Waals surface area (Å²) in [6, 6.07) is 8.50. The Morgan fingerprint density at radius 2 is 1.87 bits per heavy atom. The van der Waals surface area contributed by atoms with Crippen LogP contribution in [0.5, 0.6) is 0 Å². The maximum atomic E-state index is 4.15. The zero-order valence-corrected chi connectivity index (χ0v) is 9.91. The summed E-state index contributed by atoms with van der Waals surface area (Å²) >= 11 is 0. The van der Waals surface area contributed by atoms with Crippen molar-refractivity contribution in [2.75, 3.05) is 21.1 Å². The third-order valence-electron chi connectivity index (χ3n) is 2.21. The van der Waals surface area contributed by atoms with Gasteiger partial charge in [0.2, 0.25) is 0 Å². The average Bonchev–Trinajstić information content (AvgIpc) is 2.21. The predicted molar refractivity (Wildman–Crippen MR) is 65.1 cm³/mol. The molecule has 0 atom stereocenters. The summed E-state index contributed by atoms with van der Waals surface area (Å²) in [4.78, 5) is 6.12. The van der Waals surface area contributed by atoms with E-state index in [2.05, 4.69) is 41.5 Å². The highest BCUT2D eigenvalue weighted by atomic mass is 15.3. The minimum absolute atomic E-state index is 0.811. The predicted octanol–water partition coefficient (Wildman–Crippen LogP) is 1.63. The molecular formula is C12H19N3. The summed E-state index contributed by atoms with van der Waals surface area (Å²) in [6.07, 6.45) is 0. The Morgan fingerprint density at radius 1 is 1.27 bits per heavy atom. The van der Waals surface area contributed by atoms with Crippen molar-refractivity contribution in [2.45, 2.75) is 13.5 Å². The van der Waals surface area contributed by atoms with Gasteiger partial charge in [-0.1, -0.05) is 29.8 Å². The van der Waals surface area contributed by atoms with Crippen molar-refractivity contribution < 1.29 is 0 Å². The molecule has 1 rings (SSSR count). The molecule has 1 N–H and O–H groups in total. The first-order chi connectivity index (χ1) is 7.13. The molecular weight excluding hydrogens is 186 g/mol. The molecule has 3 nitrogen and oxygen atoms in total. The van der Waals surface area contributed by atoms with Gasteiger partial charge in [0.05, 0.1) is 0 Å². The van der Waals surface area contributed by atoms with Crippen molar-refractivity contribution in [3.8, 4) is 0 Å². The Morgan fingerprint density at radius 3 is 2.33 bits per heavy atom. The van der Waals surface area contributed by atoms with E-state index in [0.29, 0.717) is 0 Å². The molecule has 0 aliphatic carbocycles. The SMILES string of the molecule is CN=C(NCc1ccc(C)cc1)N(C)C. The summed E-state index contributed by atoms with van der Waals surface area (Å²) in [7, 11) is 5.74. The molecule has 0 heterocycles. The quantitative estimate of drug-likeness (QED) is 0.587.